The third-order valence-corrected chi connectivity index (χ3v) is 3.31. The number of hydrogen-bond donors (Lipinski definition) is 0. The molecule has 88 valence electrons. The second kappa shape index (κ2) is 4.73. The van der Waals surface area contributed by atoms with Gasteiger partial charge in [-0.3, -0.25) is 0 Å². The van der Waals surface area contributed by atoms with Gasteiger partial charge in [0.25, 0.3) is 0 Å². The van der Waals surface area contributed by atoms with Crippen molar-refractivity contribution < 1.29 is 9.53 Å². The van der Waals surface area contributed by atoms with E-state index in [1.54, 1.807) is 0 Å². The second-order valence-corrected chi connectivity index (χ2v) is 4.52. The zero-order chi connectivity index (χ0) is 11.5. The fourth-order valence-corrected chi connectivity index (χ4v) is 2.17. The van der Waals surface area contributed by atoms with E-state index >= 15 is 0 Å². The molecule has 3 nitrogen and oxygen atoms in total. The molecule has 1 saturated carbocycles. The predicted molar refractivity (Wildman–Crippen MR) is 62.5 cm³/mol. The van der Waals surface area contributed by atoms with E-state index in [-0.39, 0.29) is 5.97 Å². The van der Waals surface area contributed by atoms with Crippen LogP contribution in [0.1, 0.15) is 42.2 Å². The lowest BCUT2D eigenvalue weighted by molar-refractivity contribution is 0.0510. The van der Waals surface area contributed by atoms with Gasteiger partial charge in [0.05, 0.1) is 6.61 Å². The highest BCUT2D eigenvalue weighted by Crippen LogP contribution is 2.28. The Morgan fingerprint density at radius 1 is 1.56 bits per heavy atom. The van der Waals surface area contributed by atoms with Crippen molar-refractivity contribution in [2.75, 3.05) is 6.61 Å². The maximum atomic E-state index is 11.8. The van der Waals surface area contributed by atoms with Gasteiger partial charge in [0, 0.05) is 12.7 Å². The molecule has 0 bridgehead atoms. The van der Waals surface area contributed by atoms with E-state index < -0.39 is 0 Å². The predicted octanol–water partition coefficient (Wildman–Crippen LogP) is 2.77. The van der Waals surface area contributed by atoms with E-state index in [0.29, 0.717) is 6.61 Å². The zero-order valence-corrected chi connectivity index (χ0v) is 10.0. The van der Waals surface area contributed by atoms with Crippen LogP contribution in [0.2, 0.25) is 0 Å². The average Bonchev–Trinajstić information content (AvgIpc) is 2.54. The summed E-state index contributed by atoms with van der Waals surface area (Å²) in [6.07, 6.45) is 5.92. The Balaban J connectivity index is 2.14. The first-order valence-corrected chi connectivity index (χ1v) is 6.05. The molecule has 0 saturated heterocycles. The number of ether oxygens (including phenoxy) is 1. The molecule has 1 aliphatic rings. The number of aryl methyl sites for hydroxylation is 1. The second-order valence-electron chi connectivity index (χ2n) is 4.52. The molecule has 0 N–H and O–H groups in total. The summed E-state index contributed by atoms with van der Waals surface area (Å²) in [5.74, 6) is 0.560. The third kappa shape index (κ3) is 2.13. The van der Waals surface area contributed by atoms with E-state index in [4.69, 9.17) is 4.74 Å². The first-order chi connectivity index (χ1) is 7.72. The van der Waals surface area contributed by atoms with Gasteiger partial charge in [0.2, 0.25) is 0 Å². The van der Waals surface area contributed by atoms with Gasteiger partial charge in [0.15, 0.2) is 0 Å². The molecule has 1 aliphatic carbocycles. The lowest BCUT2D eigenvalue weighted by Crippen LogP contribution is -2.21. The first-order valence-electron chi connectivity index (χ1n) is 6.05. The van der Waals surface area contributed by atoms with Crippen molar-refractivity contribution >= 4 is 5.97 Å². The summed E-state index contributed by atoms with van der Waals surface area (Å²) in [7, 11) is 0. The molecule has 16 heavy (non-hydrogen) atoms. The van der Waals surface area contributed by atoms with Crippen LogP contribution in [-0.2, 0) is 11.3 Å². The van der Waals surface area contributed by atoms with Crippen LogP contribution in [0.4, 0.5) is 0 Å². The molecule has 1 heterocycles. The van der Waals surface area contributed by atoms with Gasteiger partial charge in [-0.2, -0.15) is 0 Å². The summed E-state index contributed by atoms with van der Waals surface area (Å²) >= 11 is 0. The molecule has 0 atom stereocenters. The fourth-order valence-electron chi connectivity index (χ4n) is 2.17. The third-order valence-electron chi connectivity index (χ3n) is 3.31. The molecule has 1 fully saturated rings. The molecule has 1 aromatic heterocycles. The lowest BCUT2D eigenvalue weighted by Gasteiger charge is -2.26. The van der Waals surface area contributed by atoms with Gasteiger partial charge in [-0.05, 0) is 44.2 Å². The van der Waals surface area contributed by atoms with Crippen molar-refractivity contribution in [3.05, 3.63) is 23.5 Å². The van der Waals surface area contributed by atoms with Crippen LogP contribution in [0.5, 0.6) is 0 Å². The monoisotopic (exact) mass is 221 g/mol. The Morgan fingerprint density at radius 3 is 2.88 bits per heavy atom. The Labute approximate surface area is 96.4 Å². The largest absolute Gasteiger partial charge is 0.461 e. The van der Waals surface area contributed by atoms with Gasteiger partial charge in [-0.1, -0.05) is 6.42 Å². The highest BCUT2D eigenvalue weighted by molar-refractivity contribution is 5.89. The standard InChI is InChI=1S/C13H19NO2/c1-3-16-13(15)12-10(2)7-8-14(12)9-11-5-4-6-11/h7-8,11H,3-6,9H2,1-2H3. The molecular formula is C13H19NO2. The smallest absolute Gasteiger partial charge is 0.355 e. The number of carbonyl (C=O) groups is 1. The van der Waals surface area contributed by atoms with E-state index in [1.165, 1.54) is 19.3 Å². The highest BCUT2D eigenvalue weighted by atomic mass is 16.5. The quantitative estimate of drug-likeness (QED) is 0.732. The minimum absolute atomic E-state index is 0.190. The molecule has 0 unspecified atom stereocenters. The first kappa shape index (κ1) is 11.2. The topological polar surface area (TPSA) is 31.2 Å². The summed E-state index contributed by atoms with van der Waals surface area (Å²) in [4.78, 5) is 11.8. The molecule has 2 rings (SSSR count). The Kier molecular flexibility index (Phi) is 3.32. The maximum absolute atomic E-state index is 11.8. The van der Waals surface area contributed by atoms with Crippen LogP contribution in [0.25, 0.3) is 0 Å². The molecule has 0 amide bonds. The Bertz CT molecular complexity index is 377. The van der Waals surface area contributed by atoms with Crippen LogP contribution in [0.3, 0.4) is 0 Å². The highest BCUT2D eigenvalue weighted by Gasteiger charge is 2.22. The van der Waals surface area contributed by atoms with Crippen molar-refractivity contribution in [1.82, 2.24) is 4.57 Å². The maximum Gasteiger partial charge on any atom is 0.355 e. The summed E-state index contributed by atoms with van der Waals surface area (Å²) < 4.78 is 7.13. The van der Waals surface area contributed by atoms with E-state index in [2.05, 4.69) is 4.57 Å². The van der Waals surface area contributed by atoms with Crippen LogP contribution in [0.15, 0.2) is 12.3 Å². The minimum Gasteiger partial charge on any atom is -0.461 e. The van der Waals surface area contributed by atoms with Gasteiger partial charge >= 0.3 is 5.97 Å². The van der Waals surface area contributed by atoms with E-state index in [1.807, 2.05) is 26.1 Å². The number of carbonyl (C=O) groups excluding carboxylic acids is 1. The van der Waals surface area contributed by atoms with Crippen molar-refractivity contribution in [2.24, 2.45) is 5.92 Å². The van der Waals surface area contributed by atoms with Gasteiger partial charge in [0.1, 0.15) is 5.69 Å². The molecule has 1 aromatic rings. The van der Waals surface area contributed by atoms with Gasteiger partial charge in [-0.15, -0.1) is 0 Å². The van der Waals surface area contributed by atoms with Gasteiger partial charge < -0.3 is 9.30 Å². The Morgan fingerprint density at radius 2 is 2.31 bits per heavy atom. The number of esters is 1. The SMILES string of the molecule is CCOC(=O)c1c(C)ccn1CC1CCC1. The molecule has 3 heteroatoms. The summed E-state index contributed by atoms with van der Waals surface area (Å²) in [5, 5.41) is 0. The van der Waals surface area contributed by atoms with E-state index in [0.717, 1.165) is 23.7 Å². The van der Waals surface area contributed by atoms with Crippen LogP contribution < -0.4 is 0 Å². The van der Waals surface area contributed by atoms with Crippen LogP contribution in [0, 0.1) is 12.8 Å². The van der Waals surface area contributed by atoms with Crippen molar-refractivity contribution in [2.45, 2.75) is 39.7 Å². The van der Waals surface area contributed by atoms with Crippen molar-refractivity contribution in [3.8, 4) is 0 Å². The molecule has 0 radical (unpaired) electrons. The fraction of sp³-hybridized carbons (Fsp3) is 0.615. The zero-order valence-electron chi connectivity index (χ0n) is 10.0. The van der Waals surface area contributed by atoms with Gasteiger partial charge in [-0.25, -0.2) is 4.79 Å². The number of aromatic nitrogens is 1. The lowest BCUT2D eigenvalue weighted by atomic mass is 9.85. The van der Waals surface area contributed by atoms with Crippen LogP contribution >= 0.6 is 0 Å². The summed E-state index contributed by atoms with van der Waals surface area (Å²) in [5.41, 5.74) is 1.74. The Hall–Kier alpha value is -1.25. The normalized spacial score (nSPS) is 15.9. The minimum atomic E-state index is -0.190. The molecule has 0 aromatic carbocycles. The molecular weight excluding hydrogens is 202 g/mol. The summed E-state index contributed by atoms with van der Waals surface area (Å²) in [6.45, 7) is 5.20. The number of hydrogen-bond acceptors (Lipinski definition) is 2. The van der Waals surface area contributed by atoms with Crippen LogP contribution in [-0.4, -0.2) is 17.1 Å². The molecule has 0 spiro atoms. The van der Waals surface area contributed by atoms with Crippen molar-refractivity contribution in [3.63, 3.8) is 0 Å². The number of nitrogens with zero attached hydrogens (tertiary/aromatic N) is 1. The number of rotatable bonds is 4. The molecule has 0 aliphatic heterocycles. The average molecular weight is 221 g/mol. The van der Waals surface area contributed by atoms with E-state index in [9.17, 15) is 4.79 Å². The summed E-state index contributed by atoms with van der Waals surface area (Å²) in [6, 6.07) is 1.99. The van der Waals surface area contributed by atoms with Crippen molar-refractivity contribution in [1.29, 1.82) is 0 Å².